The van der Waals surface area contributed by atoms with Gasteiger partial charge in [0.1, 0.15) is 0 Å². The summed E-state index contributed by atoms with van der Waals surface area (Å²) in [5.41, 5.74) is 0.315. The molecule has 0 spiro atoms. The lowest BCUT2D eigenvalue weighted by molar-refractivity contribution is -0.138. The SMILES string of the molecule is CC1(C)CCN(CC(=O)O)C1.Cl. The molecule has 0 radical (unpaired) electrons. The molecule has 0 amide bonds. The van der Waals surface area contributed by atoms with Crippen molar-refractivity contribution >= 4 is 18.4 Å². The van der Waals surface area contributed by atoms with E-state index in [-0.39, 0.29) is 19.0 Å². The van der Waals surface area contributed by atoms with Crippen LogP contribution in [0, 0.1) is 5.41 Å². The molecule has 1 heterocycles. The van der Waals surface area contributed by atoms with E-state index in [0.717, 1.165) is 19.5 Å². The van der Waals surface area contributed by atoms with Crippen LogP contribution in [-0.2, 0) is 4.79 Å². The highest BCUT2D eigenvalue weighted by atomic mass is 35.5. The maximum Gasteiger partial charge on any atom is 0.317 e. The van der Waals surface area contributed by atoms with Crippen LogP contribution in [0.5, 0.6) is 0 Å². The summed E-state index contributed by atoms with van der Waals surface area (Å²) >= 11 is 0. The average molecular weight is 194 g/mol. The fraction of sp³-hybridized carbons (Fsp3) is 0.875. The summed E-state index contributed by atoms with van der Waals surface area (Å²) in [6.45, 7) is 6.39. The maximum absolute atomic E-state index is 10.3. The predicted molar refractivity (Wildman–Crippen MR) is 49.7 cm³/mol. The van der Waals surface area contributed by atoms with Gasteiger partial charge in [0.05, 0.1) is 6.54 Å². The molecule has 1 fully saturated rings. The Kier molecular flexibility index (Phi) is 4.00. The van der Waals surface area contributed by atoms with Gasteiger partial charge in [-0.2, -0.15) is 0 Å². The van der Waals surface area contributed by atoms with Crippen molar-refractivity contribution in [3.05, 3.63) is 0 Å². The van der Waals surface area contributed by atoms with Crippen molar-refractivity contribution in [1.29, 1.82) is 0 Å². The maximum atomic E-state index is 10.3. The molecule has 0 saturated carbocycles. The Bertz CT molecular complexity index is 170. The second-order valence-corrected chi connectivity index (χ2v) is 4.02. The molecular formula is C8H16ClNO2. The number of halogens is 1. The fourth-order valence-electron chi connectivity index (χ4n) is 1.55. The van der Waals surface area contributed by atoms with Crippen molar-refractivity contribution in [1.82, 2.24) is 4.90 Å². The Morgan fingerprint density at radius 3 is 2.50 bits per heavy atom. The number of rotatable bonds is 2. The molecule has 0 aliphatic carbocycles. The number of carboxylic acid groups (broad SMARTS) is 1. The topological polar surface area (TPSA) is 40.5 Å². The van der Waals surface area contributed by atoms with Gasteiger partial charge in [-0.1, -0.05) is 13.8 Å². The van der Waals surface area contributed by atoms with Gasteiger partial charge in [0.2, 0.25) is 0 Å². The second-order valence-electron chi connectivity index (χ2n) is 4.02. The third kappa shape index (κ3) is 3.41. The number of nitrogens with zero attached hydrogens (tertiary/aromatic N) is 1. The Hall–Kier alpha value is -0.280. The van der Waals surface area contributed by atoms with Crippen LogP contribution in [0.2, 0.25) is 0 Å². The van der Waals surface area contributed by atoms with Gasteiger partial charge >= 0.3 is 5.97 Å². The molecule has 0 aromatic heterocycles. The van der Waals surface area contributed by atoms with E-state index in [0.29, 0.717) is 5.41 Å². The first-order valence-electron chi connectivity index (χ1n) is 3.94. The molecule has 3 nitrogen and oxygen atoms in total. The third-order valence-corrected chi connectivity index (χ3v) is 2.12. The standard InChI is InChI=1S/C8H15NO2.ClH/c1-8(2)3-4-9(6-8)5-7(10)11;/h3-6H2,1-2H3,(H,10,11);1H. The van der Waals surface area contributed by atoms with E-state index >= 15 is 0 Å². The molecule has 1 aliphatic heterocycles. The molecule has 0 aromatic carbocycles. The van der Waals surface area contributed by atoms with Crippen molar-refractivity contribution in [2.75, 3.05) is 19.6 Å². The lowest BCUT2D eigenvalue weighted by atomic mass is 9.93. The van der Waals surface area contributed by atoms with Crippen LogP contribution in [-0.4, -0.2) is 35.6 Å². The van der Waals surface area contributed by atoms with E-state index in [1.165, 1.54) is 0 Å². The van der Waals surface area contributed by atoms with Crippen LogP contribution in [0.25, 0.3) is 0 Å². The van der Waals surface area contributed by atoms with Crippen molar-refractivity contribution in [3.63, 3.8) is 0 Å². The molecule has 4 heteroatoms. The third-order valence-electron chi connectivity index (χ3n) is 2.12. The zero-order chi connectivity index (χ0) is 8.48. The summed E-state index contributed by atoms with van der Waals surface area (Å²) in [6.07, 6.45) is 1.11. The minimum atomic E-state index is -0.720. The smallest absolute Gasteiger partial charge is 0.317 e. The lowest BCUT2D eigenvalue weighted by Gasteiger charge is -2.17. The minimum Gasteiger partial charge on any atom is -0.480 e. The van der Waals surface area contributed by atoms with E-state index in [2.05, 4.69) is 13.8 Å². The van der Waals surface area contributed by atoms with Crippen molar-refractivity contribution < 1.29 is 9.90 Å². The second kappa shape index (κ2) is 4.10. The summed E-state index contributed by atoms with van der Waals surface area (Å²) < 4.78 is 0. The van der Waals surface area contributed by atoms with Crippen LogP contribution in [0.1, 0.15) is 20.3 Å². The fourth-order valence-corrected chi connectivity index (χ4v) is 1.55. The summed E-state index contributed by atoms with van der Waals surface area (Å²) in [7, 11) is 0. The largest absolute Gasteiger partial charge is 0.480 e. The first-order valence-corrected chi connectivity index (χ1v) is 3.94. The van der Waals surface area contributed by atoms with Crippen LogP contribution >= 0.6 is 12.4 Å². The summed E-state index contributed by atoms with van der Waals surface area (Å²) in [6, 6.07) is 0. The summed E-state index contributed by atoms with van der Waals surface area (Å²) in [5.74, 6) is -0.720. The first-order chi connectivity index (χ1) is 4.99. The molecular weight excluding hydrogens is 178 g/mol. The monoisotopic (exact) mass is 193 g/mol. The molecule has 12 heavy (non-hydrogen) atoms. The van der Waals surface area contributed by atoms with Crippen molar-refractivity contribution in [2.24, 2.45) is 5.41 Å². The Morgan fingerprint density at radius 1 is 1.58 bits per heavy atom. The van der Waals surface area contributed by atoms with Gasteiger partial charge in [0.25, 0.3) is 0 Å². The number of carbonyl (C=O) groups is 1. The van der Waals surface area contributed by atoms with Gasteiger partial charge < -0.3 is 5.11 Å². The zero-order valence-electron chi connectivity index (χ0n) is 7.54. The van der Waals surface area contributed by atoms with Crippen LogP contribution in [0.15, 0.2) is 0 Å². The number of aliphatic carboxylic acids is 1. The van der Waals surface area contributed by atoms with Crippen LogP contribution in [0.3, 0.4) is 0 Å². The van der Waals surface area contributed by atoms with Gasteiger partial charge in [-0.15, -0.1) is 12.4 Å². The van der Waals surface area contributed by atoms with Gasteiger partial charge in [0.15, 0.2) is 0 Å². The van der Waals surface area contributed by atoms with Gasteiger partial charge in [0, 0.05) is 6.54 Å². The molecule has 0 atom stereocenters. The molecule has 0 bridgehead atoms. The van der Waals surface area contributed by atoms with E-state index in [1.807, 2.05) is 4.90 Å². The van der Waals surface area contributed by atoms with Gasteiger partial charge in [-0.05, 0) is 18.4 Å². The number of carboxylic acids is 1. The number of hydrogen-bond donors (Lipinski definition) is 1. The van der Waals surface area contributed by atoms with Gasteiger partial charge in [-0.3, -0.25) is 9.69 Å². The molecule has 72 valence electrons. The Morgan fingerprint density at radius 2 is 2.17 bits per heavy atom. The molecule has 1 rings (SSSR count). The highest BCUT2D eigenvalue weighted by Crippen LogP contribution is 2.28. The van der Waals surface area contributed by atoms with E-state index in [4.69, 9.17) is 5.11 Å². The number of likely N-dealkylation sites (tertiary alicyclic amines) is 1. The van der Waals surface area contributed by atoms with E-state index in [9.17, 15) is 4.79 Å². The summed E-state index contributed by atoms with van der Waals surface area (Å²) in [5, 5.41) is 8.50. The molecule has 1 N–H and O–H groups in total. The van der Waals surface area contributed by atoms with Gasteiger partial charge in [-0.25, -0.2) is 0 Å². The minimum absolute atomic E-state index is 0. The number of hydrogen-bond acceptors (Lipinski definition) is 2. The van der Waals surface area contributed by atoms with Crippen molar-refractivity contribution in [3.8, 4) is 0 Å². The highest BCUT2D eigenvalue weighted by molar-refractivity contribution is 5.85. The van der Waals surface area contributed by atoms with Crippen LogP contribution in [0.4, 0.5) is 0 Å². The normalized spacial score (nSPS) is 21.8. The zero-order valence-corrected chi connectivity index (χ0v) is 8.36. The lowest BCUT2D eigenvalue weighted by Crippen LogP contribution is -2.28. The Labute approximate surface area is 79.2 Å². The van der Waals surface area contributed by atoms with Crippen molar-refractivity contribution in [2.45, 2.75) is 20.3 Å². The first kappa shape index (κ1) is 11.7. The predicted octanol–water partition coefficient (Wildman–Crippen LogP) is 1.22. The molecule has 0 unspecified atom stereocenters. The highest BCUT2D eigenvalue weighted by Gasteiger charge is 2.29. The summed E-state index contributed by atoms with van der Waals surface area (Å²) in [4.78, 5) is 12.3. The average Bonchev–Trinajstić information content (AvgIpc) is 2.08. The Balaban J connectivity index is 0.00000121. The van der Waals surface area contributed by atoms with E-state index in [1.54, 1.807) is 0 Å². The van der Waals surface area contributed by atoms with Crippen LogP contribution < -0.4 is 0 Å². The molecule has 0 aromatic rings. The molecule has 1 saturated heterocycles. The van der Waals surface area contributed by atoms with E-state index < -0.39 is 5.97 Å². The quantitative estimate of drug-likeness (QED) is 0.717. The molecule has 1 aliphatic rings.